The minimum Gasteiger partial charge on any atom is -0.392 e. The average Bonchev–Trinajstić information content (AvgIpc) is 2.38. The number of hydrogen-bond acceptors (Lipinski definition) is 3. The molecule has 2 rings (SSSR count). The van der Waals surface area contributed by atoms with Gasteiger partial charge in [-0.3, -0.25) is 0 Å². The topological polar surface area (TPSA) is 41.5 Å². The van der Waals surface area contributed by atoms with Crippen LogP contribution in [0.2, 0.25) is 0 Å². The van der Waals surface area contributed by atoms with Gasteiger partial charge in [0.15, 0.2) is 0 Å². The van der Waals surface area contributed by atoms with Gasteiger partial charge in [0.25, 0.3) is 0 Å². The third-order valence-electron chi connectivity index (χ3n) is 3.03. The van der Waals surface area contributed by atoms with Crippen LogP contribution in [0.3, 0.4) is 0 Å². The summed E-state index contributed by atoms with van der Waals surface area (Å²) in [6, 6.07) is 8.45. The lowest BCUT2D eigenvalue weighted by molar-refractivity contribution is 0.0699. The first-order chi connectivity index (χ1) is 7.90. The van der Waals surface area contributed by atoms with Crippen molar-refractivity contribution in [3.05, 3.63) is 35.4 Å². The quantitative estimate of drug-likeness (QED) is 0.808. The fraction of sp³-hybridized carbons (Fsp3) is 0.538. The first-order valence-corrected chi connectivity index (χ1v) is 5.89. The molecule has 16 heavy (non-hydrogen) atoms. The van der Waals surface area contributed by atoms with Crippen molar-refractivity contribution in [1.82, 2.24) is 5.32 Å². The number of ether oxygens (including phenoxy) is 1. The van der Waals surface area contributed by atoms with Gasteiger partial charge in [-0.2, -0.15) is 0 Å². The summed E-state index contributed by atoms with van der Waals surface area (Å²) in [4.78, 5) is 0. The van der Waals surface area contributed by atoms with Crippen LogP contribution >= 0.6 is 0 Å². The number of aliphatic hydroxyl groups excluding tert-OH is 1. The SMILES string of the molecule is OCc1ccccc1CNC1CCCOC1. The third-order valence-corrected chi connectivity index (χ3v) is 3.03. The van der Waals surface area contributed by atoms with E-state index < -0.39 is 0 Å². The van der Waals surface area contributed by atoms with Crippen molar-refractivity contribution in [3.63, 3.8) is 0 Å². The fourth-order valence-corrected chi connectivity index (χ4v) is 2.04. The molecule has 1 heterocycles. The van der Waals surface area contributed by atoms with Crippen molar-refractivity contribution in [1.29, 1.82) is 0 Å². The van der Waals surface area contributed by atoms with Gasteiger partial charge >= 0.3 is 0 Å². The Morgan fingerprint density at radius 2 is 2.12 bits per heavy atom. The Kier molecular flexibility index (Phi) is 4.34. The van der Waals surface area contributed by atoms with Crippen LogP contribution in [0.5, 0.6) is 0 Å². The van der Waals surface area contributed by atoms with E-state index in [1.54, 1.807) is 0 Å². The third kappa shape index (κ3) is 3.04. The highest BCUT2D eigenvalue weighted by Gasteiger charge is 2.13. The summed E-state index contributed by atoms with van der Waals surface area (Å²) in [5, 5.41) is 12.7. The lowest BCUT2D eigenvalue weighted by Gasteiger charge is -2.23. The Morgan fingerprint density at radius 3 is 2.81 bits per heavy atom. The second-order valence-corrected chi connectivity index (χ2v) is 4.22. The van der Waals surface area contributed by atoms with Crippen LogP contribution in [-0.2, 0) is 17.9 Å². The molecule has 1 atom stereocenters. The maximum atomic E-state index is 9.20. The zero-order valence-electron chi connectivity index (χ0n) is 9.48. The smallest absolute Gasteiger partial charge is 0.0685 e. The molecule has 0 aliphatic carbocycles. The molecule has 88 valence electrons. The Labute approximate surface area is 96.4 Å². The van der Waals surface area contributed by atoms with Crippen LogP contribution < -0.4 is 5.32 Å². The molecule has 1 saturated heterocycles. The summed E-state index contributed by atoms with van der Waals surface area (Å²) in [6.07, 6.45) is 2.32. The molecule has 3 heteroatoms. The number of benzene rings is 1. The molecule has 0 bridgehead atoms. The predicted molar refractivity (Wildman–Crippen MR) is 63.0 cm³/mol. The summed E-state index contributed by atoms with van der Waals surface area (Å²) < 4.78 is 5.42. The highest BCUT2D eigenvalue weighted by atomic mass is 16.5. The maximum absolute atomic E-state index is 9.20. The van der Waals surface area contributed by atoms with E-state index in [2.05, 4.69) is 11.4 Å². The number of hydrogen-bond donors (Lipinski definition) is 2. The monoisotopic (exact) mass is 221 g/mol. The largest absolute Gasteiger partial charge is 0.392 e. The Hall–Kier alpha value is -0.900. The Morgan fingerprint density at radius 1 is 1.31 bits per heavy atom. The second-order valence-electron chi connectivity index (χ2n) is 4.22. The van der Waals surface area contributed by atoms with Crippen LogP contribution in [0, 0.1) is 0 Å². The van der Waals surface area contributed by atoms with Gasteiger partial charge in [0, 0.05) is 19.2 Å². The van der Waals surface area contributed by atoms with Crippen LogP contribution in [0.25, 0.3) is 0 Å². The zero-order chi connectivity index (χ0) is 11.2. The first kappa shape index (κ1) is 11.6. The van der Waals surface area contributed by atoms with Crippen molar-refractivity contribution >= 4 is 0 Å². The molecule has 1 aromatic rings. The zero-order valence-corrected chi connectivity index (χ0v) is 9.48. The van der Waals surface area contributed by atoms with Crippen molar-refractivity contribution in [3.8, 4) is 0 Å². The summed E-state index contributed by atoms with van der Waals surface area (Å²) in [5.41, 5.74) is 2.18. The number of aliphatic hydroxyl groups is 1. The first-order valence-electron chi connectivity index (χ1n) is 5.89. The van der Waals surface area contributed by atoms with E-state index in [0.717, 1.165) is 31.7 Å². The average molecular weight is 221 g/mol. The van der Waals surface area contributed by atoms with Gasteiger partial charge in [-0.25, -0.2) is 0 Å². The van der Waals surface area contributed by atoms with E-state index in [-0.39, 0.29) is 6.61 Å². The lowest BCUT2D eigenvalue weighted by Crippen LogP contribution is -2.36. The summed E-state index contributed by atoms with van der Waals surface area (Å²) in [5.74, 6) is 0. The molecule has 3 nitrogen and oxygen atoms in total. The molecule has 1 unspecified atom stereocenters. The highest BCUT2D eigenvalue weighted by molar-refractivity contribution is 5.26. The van der Waals surface area contributed by atoms with E-state index in [1.807, 2.05) is 18.2 Å². The van der Waals surface area contributed by atoms with Crippen LogP contribution in [-0.4, -0.2) is 24.4 Å². The molecule has 1 aliphatic heterocycles. The molecule has 1 fully saturated rings. The Balaban J connectivity index is 1.88. The molecule has 0 spiro atoms. The molecule has 0 radical (unpaired) electrons. The van der Waals surface area contributed by atoms with Crippen molar-refractivity contribution in [2.75, 3.05) is 13.2 Å². The standard InChI is InChI=1S/C13H19NO2/c15-9-12-5-2-1-4-11(12)8-14-13-6-3-7-16-10-13/h1-2,4-5,13-15H,3,6-10H2. The molecule has 1 aromatic carbocycles. The molecule has 1 aliphatic rings. The summed E-state index contributed by atoms with van der Waals surface area (Å²) in [7, 11) is 0. The van der Waals surface area contributed by atoms with Crippen LogP contribution in [0.4, 0.5) is 0 Å². The van der Waals surface area contributed by atoms with Gasteiger partial charge < -0.3 is 15.2 Å². The highest BCUT2D eigenvalue weighted by Crippen LogP contribution is 2.11. The lowest BCUT2D eigenvalue weighted by atomic mass is 10.1. The van der Waals surface area contributed by atoms with Crippen molar-refractivity contribution in [2.24, 2.45) is 0 Å². The van der Waals surface area contributed by atoms with Gasteiger partial charge in [-0.1, -0.05) is 24.3 Å². The van der Waals surface area contributed by atoms with Gasteiger partial charge in [0.05, 0.1) is 13.2 Å². The second kappa shape index (κ2) is 5.99. The van der Waals surface area contributed by atoms with Gasteiger partial charge in [0.1, 0.15) is 0 Å². The van der Waals surface area contributed by atoms with Crippen molar-refractivity contribution < 1.29 is 9.84 Å². The van der Waals surface area contributed by atoms with Gasteiger partial charge in [-0.15, -0.1) is 0 Å². The number of nitrogens with one attached hydrogen (secondary N) is 1. The molecular formula is C13H19NO2. The predicted octanol–water partition coefficient (Wildman–Crippen LogP) is 1.45. The molecule has 2 N–H and O–H groups in total. The minimum absolute atomic E-state index is 0.110. The van der Waals surface area contributed by atoms with E-state index in [4.69, 9.17) is 4.74 Å². The Bertz CT molecular complexity index is 321. The van der Waals surface area contributed by atoms with E-state index in [0.29, 0.717) is 6.04 Å². The minimum atomic E-state index is 0.110. The van der Waals surface area contributed by atoms with E-state index >= 15 is 0 Å². The van der Waals surface area contributed by atoms with E-state index in [1.165, 1.54) is 12.0 Å². The summed E-state index contributed by atoms with van der Waals surface area (Å²) in [6.45, 7) is 2.62. The van der Waals surface area contributed by atoms with Gasteiger partial charge in [0.2, 0.25) is 0 Å². The number of rotatable bonds is 4. The van der Waals surface area contributed by atoms with Crippen LogP contribution in [0.15, 0.2) is 24.3 Å². The normalized spacial score (nSPS) is 20.9. The maximum Gasteiger partial charge on any atom is 0.0685 e. The molecule has 0 aromatic heterocycles. The molecule has 0 saturated carbocycles. The van der Waals surface area contributed by atoms with Crippen LogP contribution in [0.1, 0.15) is 24.0 Å². The van der Waals surface area contributed by atoms with Gasteiger partial charge in [-0.05, 0) is 24.0 Å². The van der Waals surface area contributed by atoms with E-state index in [9.17, 15) is 5.11 Å². The summed E-state index contributed by atoms with van der Waals surface area (Å²) >= 11 is 0. The fourth-order valence-electron chi connectivity index (χ4n) is 2.04. The van der Waals surface area contributed by atoms with Crippen molar-refractivity contribution in [2.45, 2.75) is 32.0 Å². The molecule has 0 amide bonds. The molecular weight excluding hydrogens is 202 g/mol.